The second-order valence-corrected chi connectivity index (χ2v) is 21.7. The van der Waals surface area contributed by atoms with Gasteiger partial charge in [-0.3, -0.25) is 9.36 Å². The molecule has 0 saturated carbocycles. The van der Waals surface area contributed by atoms with Crippen LogP contribution < -0.4 is 10.2 Å². The van der Waals surface area contributed by atoms with Crippen LogP contribution in [0.15, 0.2) is 36.5 Å². The van der Waals surface area contributed by atoms with Crippen LogP contribution >= 0.6 is 7.82 Å². The molecule has 0 rings (SSSR count). The second-order valence-electron chi connectivity index (χ2n) is 20.3. The number of carbonyl (C=O) groups is 1. The van der Waals surface area contributed by atoms with Gasteiger partial charge in [-0.2, -0.15) is 0 Å². The molecule has 0 saturated heterocycles. The molecule has 0 aromatic rings. The number of likely N-dealkylation sites (N-methyl/N-ethyl adjacent to an activating group) is 1. The fourth-order valence-corrected chi connectivity index (χ4v) is 8.91. The quantitative estimate of drug-likeness (QED) is 0.0272. The molecule has 0 aromatic carbocycles. The summed E-state index contributed by atoms with van der Waals surface area (Å²) in [6, 6.07) is -0.906. The molecule has 0 fully saturated rings. The third-order valence-electron chi connectivity index (χ3n) is 12.6. The number of quaternary nitrogens is 1. The van der Waals surface area contributed by atoms with Crippen LogP contribution in [-0.4, -0.2) is 68.5 Å². The number of unbranched alkanes of at least 4 members (excludes halogenated alkanes) is 34. The van der Waals surface area contributed by atoms with Crippen LogP contribution in [0, 0.1) is 0 Å². The van der Waals surface area contributed by atoms with Crippen molar-refractivity contribution in [3.05, 3.63) is 36.5 Å². The maximum absolute atomic E-state index is 12.9. The summed E-state index contributed by atoms with van der Waals surface area (Å²) in [4.78, 5) is 25.4. The smallest absolute Gasteiger partial charge is 0.268 e. The lowest BCUT2D eigenvalue weighted by Crippen LogP contribution is -2.45. The molecule has 3 atom stereocenters. The first-order valence-corrected chi connectivity index (χ1v) is 29.3. The van der Waals surface area contributed by atoms with Crippen molar-refractivity contribution in [3.63, 3.8) is 0 Å². The molecule has 0 aliphatic heterocycles. The van der Waals surface area contributed by atoms with Crippen molar-refractivity contribution >= 4 is 13.7 Å². The van der Waals surface area contributed by atoms with E-state index in [1.54, 1.807) is 6.08 Å². The van der Waals surface area contributed by atoms with Gasteiger partial charge in [-0.1, -0.05) is 249 Å². The molecule has 3 unspecified atom stereocenters. The van der Waals surface area contributed by atoms with E-state index in [1.807, 2.05) is 27.2 Å². The Kier molecular flexibility index (Phi) is 46.8. The van der Waals surface area contributed by atoms with Crippen LogP contribution in [-0.2, 0) is 18.4 Å². The fraction of sp³-hybridized carbons (Fsp3) is 0.875. The number of nitrogens with zero attached hydrogens (tertiary/aromatic N) is 1. The van der Waals surface area contributed by atoms with E-state index in [4.69, 9.17) is 9.05 Å². The lowest BCUT2D eigenvalue weighted by Gasteiger charge is -2.29. The minimum absolute atomic E-state index is 0.00766. The average molecular weight is 937 g/mol. The summed E-state index contributed by atoms with van der Waals surface area (Å²) in [6.45, 7) is 4.64. The molecule has 384 valence electrons. The van der Waals surface area contributed by atoms with Crippen molar-refractivity contribution in [3.8, 4) is 0 Å². The van der Waals surface area contributed by atoms with Crippen molar-refractivity contribution < 1.29 is 32.9 Å². The number of phosphoric ester groups is 1. The minimum atomic E-state index is -4.60. The second kappa shape index (κ2) is 47.8. The molecule has 0 bridgehead atoms. The van der Waals surface area contributed by atoms with Gasteiger partial charge in [0.25, 0.3) is 7.82 Å². The molecule has 2 N–H and O–H groups in total. The minimum Gasteiger partial charge on any atom is -0.756 e. The number of nitrogens with one attached hydrogen (secondary N) is 1. The molecular formula is C56H109N2O6P. The van der Waals surface area contributed by atoms with Crippen LogP contribution in [0.2, 0.25) is 0 Å². The Morgan fingerprint density at radius 1 is 0.523 bits per heavy atom. The number of phosphoric acid groups is 1. The highest BCUT2D eigenvalue weighted by Gasteiger charge is 2.23. The van der Waals surface area contributed by atoms with Crippen molar-refractivity contribution in [1.29, 1.82) is 0 Å². The Morgan fingerprint density at radius 3 is 1.25 bits per heavy atom. The Morgan fingerprint density at radius 2 is 0.862 bits per heavy atom. The standard InChI is InChI=1S/C56H109N2O6P/c1-6-8-10-12-14-16-18-20-21-22-23-24-25-26-27-28-29-30-31-32-33-34-35-36-38-39-41-43-45-47-49-55(59)54(53-64-65(61,62)63-52-51-58(3,4)5)57-56(60)50-48-46-44-42-40-37-19-17-15-13-11-9-7-2/h34-35,39,41,47,49,54-55,59H,6-33,36-38,40,42-46,48,50-53H2,1-5H3,(H-,57,60,61,62)/b35-34+,41-39+,49-47+. The molecule has 0 aliphatic carbocycles. The summed E-state index contributed by atoms with van der Waals surface area (Å²) in [7, 11) is 1.24. The van der Waals surface area contributed by atoms with E-state index in [1.165, 1.54) is 199 Å². The van der Waals surface area contributed by atoms with E-state index < -0.39 is 26.6 Å². The number of aliphatic hydroxyl groups excluding tert-OH is 1. The first-order valence-electron chi connectivity index (χ1n) is 27.9. The molecule has 8 nitrogen and oxygen atoms in total. The predicted molar refractivity (Wildman–Crippen MR) is 279 cm³/mol. The monoisotopic (exact) mass is 937 g/mol. The zero-order chi connectivity index (χ0) is 47.8. The summed E-state index contributed by atoms with van der Waals surface area (Å²) in [5.74, 6) is -0.210. The molecule has 1 amide bonds. The number of hydrogen-bond acceptors (Lipinski definition) is 6. The van der Waals surface area contributed by atoms with Crippen molar-refractivity contribution in [2.24, 2.45) is 0 Å². The van der Waals surface area contributed by atoms with E-state index in [2.05, 4.69) is 43.5 Å². The van der Waals surface area contributed by atoms with Gasteiger partial charge < -0.3 is 28.8 Å². The largest absolute Gasteiger partial charge is 0.756 e. The number of allylic oxidation sites excluding steroid dienone is 5. The molecule has 9 heteroatoms. The van der Waals surface area contributed by atoms with Crippen LogP contribution in [0.4, 0.5) is 0 Å². The zero-order valence-electron chi connectivity index (χ0n) is 43.7. The van der Waals surface area contributed by atoms with E-state index in [0.29, 0.717) is 17.4 Å². The van der Waals surface area contributed by atoms with Crippen molar-refractivity contribution in [2.45, 2.75) is 276 Å². The van der Waals surface area contributed by atoms with Gasteiger partial charge >= 0.3 is 0 Å². The molecule has 0 aromatic heterocycles. The van der Waals surface area contributed by atoms with Gasteiger partial charge in [0.05, 0.1) is 39.9 Å². The van der Waals surface area contributed by atoms with Crippen molar-refractivity contribution in [2.75, 3.05) is 40.9 Å². The van der Waals surface area contributed by atoms with Gasteiger partial charge in [0.2, 0.25) is 5.91 Å². The Labute approximate surface area is 404 Å². The van der Waals surface area contributed by atoms with E-state index in [0.717, 1.165) is 44.9 Å². The fourth-order valence-electron chi connectivity index (χ4n) is 8.19. The molecule has 0 radical (unpaired) electrons. The molecule has 65 heavy (non-hydrogen) atoms. The maximum Gasteiger partial charge on any atom is 0.268 e. The van der Waals surface area contributed by atoms with Gasteiger partial charge in [-0.05, 0) is 44.9 Å². The first kappa shape index (κ1) is 63.7. The van der Waals surface area contributed by atoms with Gasteiger partial charge in [0, 0.05) is 6.42 Å². The number of aliphatic hydroxyl groups is 1. The lowest BCUT2D eigenvalue weighted by molar-refractivity contribution is -0.870. The Hall–Kier alpha value is -1.28. The van der Waals surface area contributed by atoms with Gasteiger partial charge in [0.1, 0.15) is 13.2 Å². The zero-order valence-corrected chi connectivity index (χ0v) is 44.6. The van der Waals surface area contributed by atoms with E-state index in [9.17, 15) is 19.4 Å². The average Bonchev–Trinajstić information content (AvgIpc) is 3.26. The van der Waals surface area contributed by atoms with Crippen LogP contribution in [0.1, 0.15) is 264 Å². The van der Waals surface area contributed by atoms with Gasteiger partial charge in [-0.25, -0.2) is 0 Å². The normalized spacial score (nSPS) is 14.3. The van der Waals surface area contributed by atoms with E-state index >= 15 is 0 Å². The Bertz CT molecular complexity index is 1150. The SMILES string of the molecule is CCCCCCCCCCCCCCCCCCCCCC/C=C/CC/C=C/CC/C=C/C(O)C(COP(=O)([O-])OCC[N+](C)(C)C)NC(=O)CCCCCCCCCCCCCCC. The Balaban J connectivity index is 4.19. The summed E-state index contributed by atoms with van der Waals surface area (Å²) in [5.41, 5.74) is 0. The number of amides is 1. The maximum atomic E-state index is 12.9. The summed E-state index contributed by atoms with van der Waals surface area (Å²) in [5, 5.41) is 13.8. The lowest BCUT2D eigenvalue weighted by atomic mass is 10.0. The molecular weight excluding hydrogens is 828 g/mol. The number of carbonyl (C=O) groups excluding carboxylic acids is 1. The van der Waals surface area contributed by atoms with Crippen molar-refractivity contribution in [1.82, 2.24) is 5.32 Å². The summed E-state index contributed by atoms with van der Waals surface area (Å²) >= 11 is 0. The van der Waals surface area contributed by atoms with Crippen LogP contribution in [0.5, 0.6) is 0 Å². The van der Waals surface area contributed by atoms with Crippen LogP contribution in [0.3, 0.4) is 0 Å². The number of hydrogen-bond donors (Lipinski definition) is 2. The molecule has 0 aliphatic rings. The highest BCUT2D eigenvalue weighted by atomic mass is 31.2. The summed E-state index contributed by atoms with van der Waals surface area (Å²) < 4.78 is 23.3. The van der Waals surface area contributed by atoms with E-state index in [-0.39, 0.29) is 12.5 Å². The highest BCUT2D eigenvalue weighted by Crippen LogP contribution is 2.38. The predicted octanol–water partition coefficient (Wildman–Crippen LogP) is 16.0. The highest BCUT2D eigenvalue weighted by molar-refractivity contribution is 7.45. The third kappa shape index (κ3) is 50.4. The van der Waals surface area contributed by atoms with Crippen LogP contribution in [0.25, 0.3) is 0 Å². The summed E-state index contributed by atoms with van der Waals surface area (Å²) in [6.07, 6.45) is 60.9. The molecule has 0 heterocycles. The molecule has 0 spiro atoms. The first-order chi connectivity index (χ1) is 31.5. The van der Waals surface area contributed by atoms with Gasteiger partial charge in [-0.15, -0.1) is 0 Å². The topological polar surface area (TPSA) is 108 Å². The third-order valence-corrected chi connectivity index (χ3v) is 13.5. The van der Waals surface area contributed by atoms with Gasteiger partial charge in [0.15, 0.2) is 0 Å². The number of rotatable bonds is 51.